The summed E-state index contributed by atoms with van der Waals surface area (Å²) in [4.78, 5) is 16.7. The number of hydrogen-bond donors (Lipinski definition) is 1. The van der Waals surface area contributed by atoms with E-state index in [0.29, 0.717) is 23.9 Å². The van der Waals surface area contributed by atoms with Crippen molar-refractivity contribution in [3.63, 3.8) is 0 Å². The summed E-state index contributed by atoms with van der Waals surface area (Å²) in [7, 11) is 3.23. The Morgan fingerprint density at radius 2 is 1.78 bits per heavy atom. The Hall–Kier alpha value is -2.80. The molecule has 7 heteroatoms. The van der Waals surface area contributed by atoms with Crippen molar-refractivity contribution in [2.24, 2.45) is 0 Å². The van der Waals surface area contributed by atoms with Crippen LogP contribution in [-0.2, 0) is 13.0 Å². The number of hydrogen-bond acceptors (Lipinski definition) is 5. The zero-order chi connectivity index (χ0) is 19.0. The van der Waals surface area contributed by atoms with E-state index in [-0.39, 0.29) is 5.69 Å². The molecule has 2 aromatic carbocycles. The first-order valence-electron chi connectivity index (χ1n) is 8.49. The van der Waals surface area contributed by atoms with Crippen LogP contribution in [0.25, 0.3) is 11.3 Å². The second-order valence-electron chi connectivity index (χ2n) is 6.21. The lowest BCUT2D eigenvalue weighted by Crippen LogP contribution is -2.28. The lowest BCUT2D eigenvalue weighted by molar-refractivity contribution is 0.354. The highest BCUT2D eigenvalue weighted by atomic mass is 79.9. The number of nitrogens with zero attached hydrogens (tertiary/aromatic N) is 2. The molecular formula is C20H18BrN3O3. The predicted octanol–water partition coefficient (Wildman–Crippen LogP) is 3.99. The Labute approximate surface area is 164 Å². The molecule has 0 fully saturated rings. The largest absolute Gasteiger partial charge is 0.493 e. The first-order chi connectivity index (χ1) is 13.1. The molecular weight excluding hydrogens is 410 g/mol. The normalized spacial score (nSPS) is 12.1. The van der Waals surface area contributed by atoms with E-state index in [1.165, 1.54) is 0 Å². The van der Waals surface area contributed by atoms with Crippen molar-refractivity contribution < 1.29 is 9.47 Å². The molecule has 1 aromatic heterocycles. The van der Waals surface area contributed by atoms with Gasteiger partial charge in [0.25, 0.3) is 0 Å². The Balaban J connectivity index is 1.80. The van der Waals surface area contributed by atoms with Gasteiger partial charge in [-0.25, -0.2) is 4.79 Å². The van der Waals surface area contributed by atoms with E-state index >= 15 is 0 Å². The summed E-state index contributed by atoms with van der Waals surface area (Å²) in [6.45, 7) is 0.586. The second kappa shape index (κ2) is 7.08. The van der Waals surface area contributed by atoms with Crippen molar-refractivity contribution in [3.8, 4) is 22.8 Å². The molecule has 1 aliphatic heterocycles. The fourth-order valence-corrected chi connectivity index (χ4v) is 3.55. The molecule has 1 N–H and O–H groups in total. The highest BCUT2D eigenvalue weighted by molar-refractivity contribution is 9.10. The van der Waals surface area contributed by atoms with Crippen molar-refractivity contribution in [2.45, 2.75) is 13.0 Å². The van der Waals surface area contributed by atoms with Gasteiger partial charge in [-0.05, 0) is 48.4 Å². The Morgan fingerprint density at radius 3 is 2.48 bits per heavy atom. The van der Waals surface area contributed by atoms with Crippen LogP contribution < -0.4 is 20.5 Å². The van der Waals surface area contributed by atoms with E-state index in [0.717, 1.165) is 33.4 Å². The Kier molecular flexibility index (Phi) is 4.61. The number of aryl methyl sites for hydroxylation is 1. The lowest BCUT2D eigenvalue weighted by atomic mass is 9.97. The van der Waals surface area contributed by atoms with Crippen molar-refractivity contribution in [1.82, 2.24) is 9.55 Å². The molecule has 0 bridgehead atoms. The van der Waals surface area contributed by atoms with Crippen LogP contribution in [-0.4, -0.2) is 23.8 Å². The molecule has 27 heavy (non-hydrogen) atoms. The minimum absolute atomic E-state index is 0.271. The number of ether oxygens (including phenoxy) is 2. The monoisotopic (exact) mass is 427 g/mol. The third-order valence-corrected chi connectivity index (χ3v) is 5.15. The van der Waals surface area contributed by atoms with E-state index in [9.17, 15) is 4.79 Å². The van der Waals surface area contributed by atoms with Crippen molar-refractivity contribution >= 4 is 27.4 Å². The van der Waals surface area contributed by atoms with Gasteiger partial charge in [0.05, 0.1) is 19.9 Å². The number of aromatic nitrogens is 2. The van der Waals surface area contributed by atoms with Crippen molar-refractivity contribution in [1.29, 1.82) is 0 Å². The summed E-state index contributed by atoms with van der Waals surface area (Å²) in [5, 5.41) is 3.20. The fraction of sp³-hybridized carbons (Fsp3) is 0.200. The van der Waals surface area contributed by atoms with E-state index < -0.39 is 0 Å². The van der Waals surface area contributed by atoms with Gasteiger partial charge < -0.3 is 14.8 Å². The average molecular weight is 428 g/mol. The third kappa shape index (κ3) is 3.30. The van der Waals surface area contributed by atoms with Gasteiger partial charge in [0.15, 0.2) is 11.5 Å². The molecule has 0 amide bonds. The Bertz CT molecular complexity index is 1060. The quantitative estimate of drug-likeness (QED) is 0.681. The molecule has 6 nitrogen and oxygen atoms in total. The number of halogens is 1. The maximum atomic E-state index is 12.6. The van der Waals surface area contributed by atoms with Gasteiger partial charge in [0.2, 0.25) is 0 Å². The molecule has 0 spiro atoms. The van der Waals surface area contributed by atoms with Gasteiger partial charge in [-0.3, -0.25) is 4.57 Å². The van der Waals surface area contributed by atoms with Gasteiger partial charge in [-0.15, -0.1) is 0 Å². The van der Waals surface area contributed by atoms with Crippen LogP contribution in [0.15, 0.2) is 51.7 Å². The van der Waals surface area contributed by atoms with Gasteiger partial charge in [-0.1, -0.05) is 15.9 Å². The molecule has 0 atom stereocenters. The topological polar surface area (TPSA) is 65.4 Å². The smallest absolute Gasteiger partial charge is 0.350 e. The maximum Gasteiger partial charge on any atom is 0.350 e. The average Bonchev–Trinajstić information content (AvgIpc) is 2.68. The van der Waals surface area contributed by atoms with Crippen LogP contribution in [0.2, 0.25) is 0 Å². The maximum absolute atomic E-state index is 12.6. The van der Waals surface area contributed by atoms with Gasteiger partial charge >= 0.3 is 5.69 Å². The third-order valence-electron chi connectivity index (χ3n) is 4.62. The standard InChI is InChI=1S/C20H18BrN3O3/c1-26-17-9-12-7-8-24-16(15(12)10-18(17)27-2)11-19(23-20(24)25)22-14-5-3-13(21)4-6-14/h3-6,9-11H,7-8H2,1-2H3,(H,22,23,25). The molecule has 0 radical (unpaired) electrons. The number of nitrogens with one attached hydrogen (secondary N) is 1. The first-order valence-corrected chi connectivity index (χ1v) is 9.28. The van der Waals surface area contributed by atoms with Crippen molar-refractivity contribution in [3.05, 3.63) is 63.0 Å². The number of rotatable bonds is 4. The van der Waals surface area contributed by atoms with Crippen molar-refractivity contribution in [2.75, 3.05) is 19.5 Å². The van der Waals surface area contributed by atoms with Crippen LogP contribution in [0.5, 0.6) is 11.5 Å². The van der Waals surface area contributed by atoms with Crippen LogP contribution in [0.1, 0.15) is 5.56 Å². The number of methoxy groups -OCH3 is 2. The predicted molar refractivity (Wildman–Crippen MR) is 108 cm³/mol. The van der Waals surface area contributed by atoms with Gasteiger partial charge in [0, 0.05) is 28.3 Å². The summed E-state index contributed by atoms with van der Waals surface area (Å²) in [6, 6.07) is 13.5. The van der Waals surface area contributed by atoms with Crippen LogP contribution in [0, 0.1) is 0 Å². The molecule has 3 aromatic rings. The Morgan fingerprint density at radius 1 is 1.07 bits per heavy atom. The fourth-order valence-electron chi connectivity index (χ4n) is 3.29. The van der Waals surface area contributed by atoms with E-state index in [4.69, 9.17) is 9.47 Å². The summed E-state index contributed by atoms with van der Waals surface area (Å²) >= 11 is 3.42. The first kappa shape index (κ1) is 17.6. The van der Waals surface area contributed by atoms with Crippen LogP contribution in [0.3, 0.4) is 0 Å². The number of anilines is 2. The second-order valence-corrected chi connectivity index (χ2v) is 7.12. The van der Waals surface area contributed by atoms with E-state index in [1.807, 2.05) is 42.5 Å². The minimum atomic E-state index is -0.271. The summed E-state index contributed by atoms with van der Waals surface area (Å²) in [5.41, 5.74) is 3.48. The molecule has 2 heterocycles. The molecule has 0 aliphatic carbocycles. The highest BCUT2D eigenvalue weighted by Gasteiger charge is 2.21. The zero-order valence-electron chi connectivity index (χ0n) is 15.0. The molecule has 0 unspecified atom stereocenters. The molecule has 0 saturated heterocycles. The van der Waals surface area contributed by atoms with Crippen LogP contribution in [0.4, 0.5) is 11.5 Å². The summed E-state index contributed by atoms with van der Waals surface area (Å²) in [6.07, 6.45) is 0.740. The molecule has 1 aliphatic rings. The van der Waals surface area contributed by atoms with Crippen LogP contribution >= 0.6 is 15.9 Å². The molecule has 138 valence electrons. The zero-order valence-corrected chi connectivity index (χ0v) is 16.5. The summed E-state index contributed by atoms with van der Waals surface area (Å²) in [5.74, 6) is 1.84. The van der Waals surface area contributed by atoms with Gasteiger partial charge in [-0.2, -0.15) is 4.98 Å². The van der Waals surface area contributed by atoms with E-state index in [2.05, 4.69) is 26.2 Å². The lowest BCUT2D eigenvalue weighted by Gasteiger charge is -2.23. The number of benzene rings is 2. The molecule has 4 rings (SSSR count). The minimum Gasteiger partial charge on any atom is -0.493 e. The summed E-state index contributed by atoms with van der Waals surface area (Å²) < 4.78 is 13.5. The molecule has 0 saturated carbocycles. The highest BCUT2D eigenvalue weighted by Crippen LogP contribution is 2.38. The number of fused-ring (bicyclic) bond motifs is 3. The van der Waals surface area contributed by atoms with Gasteiger partial charge in [0.1, 0.15) is 5.82 Å². The van der Waals surface area contributed by atoms with E-state index in [1.54, 1.807) is 18.8 Å². The SMILES string of the molecule is COc1cc2c(cc1OC)-c1cc(Nc3ccc(Br)cc3)nc(=O)n1CC2.